The highest BCUT2D eigenvalue weighted by Crippen LogP contribution is 2.60. The van der Waals surface area contributed by atoms with Crippen LogP contribution in [-0.2, 0) is 6.54 Å². The Bertz CT molecular complexity index is 1020. The van der Waals surface area contributed by atoms with E-state index in [1.54, 1.807) is 6.20 Å². The molecule has 0 amide bonds. The third-order valence-electron chi connectivity index (χ3n) is 7.81. The molecule has 4 saturated carbocycles. The second-order valence-corrected chi connectivity index (χ2v) is 10.8. The van der Waals surface area contributed by atoms with E-state index in [9.17, 15) is 5.26 Å². The minimum absolute atomic E-state index is 0.290. The van der Waals surface area contributed by atoms with E-state index in [1.165, 1.54) is 32.1 Å². The standard InChI is InChI=1S/C25H30Cl2N6/c26-5-6-29-22-18-7-16-8-19(22)11-25(9-16,10-18)15-32-23-20(12-28)14-31-24(33-23)30-13-17-3-1-2-4-21(17)27/h1-4,14,16,18-19,22,29H,5-11,13,15H2,(H2,30,31,32,33)/t16?,18-,19+,22-,25-. The number of anilines is 2. The van der Waals surface area contributed by atoms with Gasteiger partial charge in [-0.25, -0.2) is 4.98 Å². The fraction of sp³-hybridized carbons (Fsp3) is 0.560. The van der Waals surface area contributed by atoms with Gasteiger partial charge in [0.25, 0.3) is 0 Å². The van der Waals surface area contributed by atoms with Crippen LogP contribution in [0.2, 0.25) is 5.02 Å². The molecule has 0 saturated heterocycles. The lowest BCUT2D eigenvalue weighted by atomic mass is 9.48. The van der Waals surface area contributed by atoms with Crippen LogP contribution in [0, 0.1) is 34.5 Å². The zero-order chi connectivity index (χ0) is 22.8. The summed E-state index contributed by atoms with van der Waals surface area (Å²) < 4.78 is 0. The normalized spacial score (nSPS) is 29.6. The topological polar surface area (TPSA) is 85.7 Å². The first kappa shape index (κ1) is 22.7. The monoisotopic (exact) mass is 484 g/mol. The Morgan fingerprint density at radius 1 is 1.12 bits per heavy atom. The molecule has 0 radical (unpaired) electrons. The molecule has 4 aliphatic rings. The Morgan fingerprint density at radius 2 is 1.91 bits per heavy atom. The van der Waals surface area contributed by atoms with Crippen molar-refractivity contribution < 1.29 is 0 Å². The number of benzene rings is 1. The number of hydrogen-bond acceptors (Lipinski definition) is 6. The zero-order valence-electron chi connectivity index (χ0n) is 18.7. The molecule has 3 N–H and O–H groups in total. The summed E-state index contributed by atoms with van der Waals surface area (Å²) in [6.07, 6.45) is 8.02. The van der Waals surface area contributed by atoms with E-state index in [4.69, 9.17) is 23.2 Å². The lowest BCUT2D eigenvalue weighted by molar-refractivity contribution is -0.0688. The minimum Gasteiger partial charge on any atom is -0.368 e. The van der Waals surface area contributed by atoms with Crippen molar-refractivity contribution in [1.82, 2.24) is 15.3 Å². The highest BCUT2D eigenvalue weighted by atomic mass is 35.5. The van der Waals surface area contributed by atoms with Crippen LogP contribution in [0.5, 0.6) is 0 Å². The van der Waals surface area contributed by atoms with E-state index in [-0.39, 0.29) is 0 Å². The molecule has 1 aromatic heterocycles. The highest BCUT2D eigenvalue weighted by Gasteiger charge is 2.54. The maximum Gasteiger partial charge on any atom is 0.224 e. The van der Waals surface area contributed by atoms with Gasteiger partial charge in [-0.2, -0.15) is 10.2 Å². The summed E-state index contributed by atoms with van der Waals surface area (Å²) in [6, 6.07) is 10.6. The quantitative estimate of drug-likeness (QED) is 0.431. The van der Waals surface area contributed by atoms with Crippen molar-refractivity contribution in [1.29, 1.82) is 5.26 Å². The van der Waals surface area contributed by atoms with Gasteiger partial charge in [0.15, 0.2) is 0 Å². The summed E-state index contributed by atoms with van der Waals surface area (Å²) in [5.41, 5.74) is 1.75. The molecule has 4 bridgehead atoms. The molecule has 1 aromatic carbocycles. The van der Waals surface area contributed by atoms with Crippen LogP contribution < -0.4 is 16.0 Å². The van der Waals surface area contributed by atoms with E-state index in [0.717, 1.165) is 36.4 Å². The number of hydrogen-bond donors (Lipinski definition) is 3. The highest BCUT2D eigenvalue weighted by molar-refractivity contribution is 6.31. The van der Waals surface area contributed by atoms with Crippen molar-refractivity contribution >= 4 is 35.0 Å². The molecular formula is C25H30Cl2N6. The summed E-state index contributed by atoms with van der Waals surface area (Å²) in [6.45, 7) is 2.27. The predicted octanol–water partition coefficient (Wildman–Crippen LogP) is 5.05. The van der Waals surface area contributed by atoms with Gasteiger partial charge < -0.3 is 16.0 Å². The van der Waals surface area contributed by atoms with Crippen LogP contribution >= 0.6 is 23.2 Å². The van der Waals surface area contributed by atoms with Gasteiger partial charge in [-0.3, -0.25) is 0 Å². The number of aromatic nitrogens is 2. The van der Waals surface area contributed by atoms with E-state index < -0.39 is 0 Å². The molecule has 6 rings (SSSR count). The molecular weight excluding hydrogens is 455 g/mol. The van der Waals surface area contributed by atoms with Crippen molar-refractivity contribution in [2.45, 2.75) is 44.7 Å². The SMILES string of the molecule is N#Cc1cnc(NCc2ccccc2Cl)nc1NC[C@]12CC3C[C@H](C1)[C@@H](NCCCl)[C@@H](C3)C2. The van der Waals surface area contributed by atoms with Crippen molar-refractivity contribution in [3.8, 4) is 6.07 Å². The number of halogens is 2. The van der Waals surface area contributed by atoms with Crippen LogP contribution in [0.4, 0.5) is 11.8 Å². The minimum atomic E-state index is 0.290. The van der Waals surface area contributed by atoms with E-state index in [2.05, 4.69) is 32.0 Å². The number of alkyl halides is 1. The van der Waals surface area contributed by atoms with Gasteiger partial charge in [0.05, 0.1) is 6.20 Å². The van der Waals surface area contributed by atoms with E-state index in [1.807, 2.05) is 24.3 Å². The first-order valence-corrected chi connectivity index (χ1v) is 12.8. The summed E-state index contributed by atoms with van der Waals surface area (Å²) >= 11 is 12.2. The largest absolute Gasteiger partial charge is 0.368 e. The van der Waals surface area contributed by atoms with Crippen LogP contribution in [0.25, 0.3) is 0 Å². The van der Waals surface area contributed by atoms with Crippen LogP contribution in [-0.4, -0.2) is 35.0 Å². The van der Waals surface area contributed by atoms with Gasteiger partial charge >= 0.3 is 0 Å². The van der Waals surface area contributed by atoms with Crippen molar-refractivity contribution in [2.75, 3.05) is 29.6 Å². The smallest absolute Gasteiger partial charge is 0.224 e. The Morgan fingerprint density at radius 3 is 2.64 bits per heavy atom. The molecule has 1 unspecified atom stereocenters. The molecule has 4 fully saturated rings. The van der Waals surface area contributed by atoms with Gasteiger partial charge in [-0.1, -0.05) is 29.8 Å². The average molecular weight is 485 g/mol. The van der Waals surface area contributed by atoms with Crippen molar-refractivity contribution in [2.24, 2.45) is 23.2 Å². The van der Waals surface area contributed by atoms with E-state index in [0.29, 0.717) is 46.2 Å². The Balaban J connectivity index is 1.26. The third kappa shape index (κ3) is 4.77. The fourth-order valence-electron chi connectivity index (χ4n) is 6.73. The molecule has 0 spiro atoms. The van der Waals surface area contributed by atoms with Gasteiger partial charge in [-0.15, -0.1) is 11.6 Å². The third-order valence-corrected chi connectivity index (χ3v) is 8.37. The van der Waals surface area contributed by atoms with Crippen molar-refractivity contribution in [3.63, 3.8) is 0 Å². The second-order valence-electron chi connectivity index (χ2n) is 10.0. The maximum atomic E-state index is 9.60. The molecule has 0 aliphatic heterocycles. The number of nitrogens with zero attached hydrogens (tertiary/aromatic N) is 3. The van der Waals surface area contributed by atoms with Gasteiger partial charge in [0.2, 0.25) is 5.95 Å². The van der Waals surface area contributed by atoms with Crippen LogP contribution in [0.3, 0.4) is 0 Å². The Labute approximate surface area is 205 Å². The number of nitriles is 1. The Hall–Kier alpha value is -2.07. The molecule has 6 nitrogen and oxygen atoms in total. The summed E-state index contributed by atoms with van der Waals surface area (Å²) in [4.78, 5) is 8.96. The maximum absolute atomic E-state index is 9.60. The van der Waals surface area contributed by atoms with Gasteiger partial charge in [0, 0.05) is 36.6 Å². The molecule has 4 aliphatic carbocycles. The molecule has 8 heteroatoms. The lowest BCUT2D eigenvalue weighted by Crippen LogP contribution is -2.59. The first-order valence-electron chi connectivity index (χ1n) is 11.9. The molecule has 174 valence electrons. The molecule has 5 atom stereocenters. The fourth-order valence-corrected chi connectivity index (χ4v) is 7.05. The Kier molecular flexibility index (Phi) is 6.65. The predicted molar refractivity (Wildman–Crippen MR) is 133 cm³/mol. The first-order chi connectivity index (χ1) is 16.1. The van der Waals surface area contributed by atoms with Gasteiger partial charge in [0.1, 0.15) is 17.5 Å². The summed E-state index contributed by atoms with van der Waals surface area (Å²) in [5, 5.41) is 20.8. The van der Waals surface area contributed by atoms with Crippen LogP contribution in [0.15, 0.2) is 30.5 Å². The zero-order valence-corrected chi connectivity index (χ0v) is 20.2. The number of nitrogens with one attached hydrogen (secondary N) is 3. The van der Waals surface area contributed by atoms with Crippen molar-refractivity contribution in [3.05, 3.63) is 46.6 Å². The lowest BCUT2D eigenvalue weighted by Gasteiger charge is -2.60. The molecule has 2 aromatic rings. The van der Waals surface area contributed by atoms with E-state index >= 15 is 0 Å². The summed E-state index contributed by atoms with van der Waals surface area (Å²) in [7, 11) is 0. The van der Waals surface area contributed by atoms with Gasteiger partial charge in [-0.05, 0) is 66.9 Å². The second kappa shape index (κ2) is 9.66. The average Bonchev–Trinajstić information content (AvgIpc) is 2.81. The molecule has 33 heavy (non-hydrogen) atoms. The summed E-state index contributed by atoms with van der Waals surface area (Å²) in [5.74, 6) is 4.06. The molecule has 1 heterocycles. The van der Waals surface area contributed by atoms with Crippen LogP contribution in [0.1, 0.15) is 43.2 Å². The number of rotatable bonds is 9.